The van der Waals surface area contributed by atoms with Gasteiger partial charge in [0.05, 0.1) is 0 Å². The van der Waals surface area contributed by atoms with Crippen LogP contribution in [0.3, 0.4) is 0 Å². The molecule has 0 aliphatic rings. The molecule has 0 aliphatic carbocycles. The van der Waals surface area contributed by atoms with Crippen LogP contribution in [0.1, 0.15) is 0 Å². The monoisotopic (exact) mass is 226 g/mol. The molecular formula is BaFeO2. The number of hydrogen-bond acceptors (Lipinski definition) is 0. The fourth-order valence-corrected chi connectivity index (χ4v) is 0. The summed E-state index contributed by atoms with van der Waals surface area (Å²) in [5.74, 6) is 0. The minimum absolute atomic E-state index is 0. The summed E-state index contributed by atoms with van der Waals surface area (Å²) in [4.78, 5) is 0. The van der Waals surface area contributed by atoms with Crippen molar-refractivity contribution >= 4 is 48.9 Å². The topological polar surface area (TPSA) is 57.0 Å². The molecule has 0 rings (SSSR count). The largest absolute Gasteiger partial charge is 2.00 e. The van der Waals surface area contributed by atoms with Crippen LogP contribution >= 0.6 is 0 Å². The summed E-state index contributed by atoms with van der Waals surface area (Å²) in [6.07, 6.45) is 0. The van der Waals surface area contributed by atoms with E-state index in [1.807, 2.05) is 0 Å². The molecule has 0 radical (unpaired) electrons. The van der Waals surface area contributed by atoms with Crippen molar-refractivity contribution < 1.29 is 28.0 Å². The van der Waals surface area contributed by atoms with Gasteiger partial charge in [0.2, 0.25) is 0 Å². The van der Waals surface area contributed by atoms with Crippen LogP contribution in [-0.2, 0) is 28.0 Å². The summed E-state index contributed by atoms with van der Waals surface area (Å²) in [6.45, 7) is 0. The molecule has 0 aromatic heterocycles. The Bertz CT molecular complexity index is 6.00. The van der Waals surface area contributed by atoms with Gasteiger partial charge in [-0.2, -0.15) is 0 Å². The molecule has 0 atom stereocenters. The van der Waals surface area contributed by atoms with Crippen LogP contribution in [0, 0.1) is 0 Å². The molecule has 2 nitrogen and oxygen atoms in total. The Balaban J connectivity index is 0. The number of hydrogen-bond donors (Lipinski definition) is 0. The molecule has 0 heterocycles. The van der Waals surface area contributed by atoms with Crippen molar-refractivity contribution in [1.29, 1.82) is 0 Å². The molecule has 0 N–H and O–H groups in total. The van der Waals surface area contributed by atoms with Crippen molar-refractivity contribution in [2.45, 2.75) is 0 Å². The van der Waals surface area contributed by atoms with E-state index in [9.17, 15) is 0 Å². The van der Waals surface area contributed by atoms with E-state index in [2.05, 4.69) is 0 Å². The van der Waals surface area contributed by atoms with Crippen molar-refractivity contribution in [3.8, 4) is 0 Å². The smallest absolute Gasteiger partial charge is 2.00 e. The maximum absolute atomic E-state index is 0. The third kappa shape index (κ3) is 8.99. The predicted octanol–water partition coefficient (Wildman–Crippen LogP) is -0.621. The van der Waals surface area contributed by atoms with Crippen LogP contribution in [0.4, 0.5) is 0 Å². The van der Waals surface area contributed by atoms with Gasteiger partial charge in [0.15, 0.2) is 0 Å². The summed E-state index contributed by atoms with van der Waals surface area (Å²) in [5, 5.41) is 0. The maximum Gasteiger partial charge on any atom is 2.00 e. The Morgan fingerprint density at radius 3 is 0.750 bits per heavy atom. The van der Waals surface area contributed by atoms with Crippen molar-refractivity contribution in [2.75, 3.05) is 0 Å². The number of rotatable bonds is 0. The van der Waals surface area contributed by atoms with Gasteiger partial charge in [0.25, 0.3) is 0 Å². The first-order valence-electron chi connectivity index (χ1n) is 0. The van der Waals surface area contributed by atoms with Crippen molar-refractivity contribution in [2.24, 2.45) is 0 Å². The fourth-order valence-electron chi connectivity index (χ4n) is 0. The molecule has 0 amide bonds. The van der Waals surface area contributed by atoms with Crippen LogP contribution in [0.15, 0.2) is 0 Å². The van der Waals surface area contributed by atoms with Crippen molar-refractivity contribution in [3.63, 3.8) is 0 Å². The third-order valence-corrected chi connectivity index (χ3v) is 0. The molecule has 0 saturated carbocycles. The van der Waals surface area contributed by atoms with E-state index in [4.69, 9.17) is 0 Å². The maximum atomic E-state index is 0. The molecule has 0 aromatic carbocycles. The van der Waals surface area contributed by atoms with E-state index in [0.717, 1.165) is 0 Å². The average molecular weight is 225 g/mol. The van der Waals surface area contributed by atoms with Gasteiger partial charge in [-0.05, 0) is 0 Å². The van der Waals surface area contributed by atoms with Crippen LogP contribution in [0.2, 0.25) is 0 Å². The zero-order valence-electron chi connectivity index (χ0n) is 1.88. The molecular weight excluding hydrogens is 225 g/mol. The third-order valence-electron chi connectivity index (χ3n) is 0. The summed E-state index contributed by atoms with van der Waals surface area (Å²) < 4.78 is 0. The zero-order chi connectivity index (χ0) is 0. The van der Waals surface area contributed by atoms with Gasteiger partial charge in [0, 0.05) is 0 Å². The molecule has 4 heavy (non-hydrogen) atoms. The Hall–Kier alpha value is 2.01. The Morgan fingerprint density at radius 2 is 0.750 bits per heavy atom. The summed E-state index contributed by atoms with van der Waals surface area (Å²) >= 11 is 0. The SMILES string of the molecule is [Ba+2].[Fe+2].[O-2].[O-2]. The summed E-state index contributed by atoms with van der Waals surface area (Å²) in [6, 6.07) is 0. The van der Waals surface area contributed by atoms with Gasteiger partial charge in [0.1, 0.15) is 0 Å². The van der Waals surface area contributed by atoms with E-state index in [0.29, 0.717) is 0 Å². The van der Waals surface area contributed by atoms with E-state index in [1.54, 1.807) is 0 Å². The first-order valence-corrected chi connectivity index (χ1v) is 0. The molecule has 0 aliphatic heterocycles. The standard InChI is InChI=1S/Ba.Fe.2O/q2*+2;2*-2. The second-order valence-corrected chi connectivity index (χ2v) is 0. The van der Waals surface area contributed by atoms with Crippen molar-refractivity contribution in [3.05, 3.63) is 0 Å². The van der Waals surface area contributed by atoms with Gasteiger partial charge < -0.3 is 11.0 Å². The minimum Gasteiger partial charge on any atom is -2.00 e. The van der Waals surface area contributed by atoms with Gasteiger partial charge in [-0.25, -0.2) is 0 Å². The van der Waals surface area contributed by atoms with Gasteiger partial charge in [-0.3, -0.25) is 0 Å². The Kier molecular flexibility index (Phi) is 186. The Morgan fingerprint density at radius 1 is 0.750 bits per heavy atom. The summed E-state index contributed by atoms with van der Waals surface area (Å²) in [7, 11) is 0. The van der Waals surface area contributed by atoms with Gasteiger partial charge >= 0.3 is 65.9 Å². The van der Waals surface area contributed by atoms with Gasteiger partial charge in [-0.1, -0.05) is 0 Å². The van der Waals surface area contributed by atoms with E-state index in [-0.39, 0.29) is 76.9 Å². The molecule has 0 fully saturated rings. The van der Waals surface area contributed by atoms with E-state index in [1.165, 1.54) is 0 Å². The zero-order valence-corrected chi connectivity index (χ0v) is 7.42. The van der Waals surface area contributed by atoms with Crippen molar-refractivity contribution in [1.82, 2.24) is 0 Å². The average Bonchev–Trinajstić information content (AvgIpc) is 0. The molecule has 0 bridgehead atoms. The van der Waals surface area contributed by atoms with Crippen LogP contribution < -0.4 is 0 Å². The van der Waals surface area contributed by atoms with Crippen LogP contribution in [-0.4, -0.2) is 48.9 Å². The normalized spacial score (nSPS) is 0. The first kappa shape index (κ1) is 37.3. The molecule has 0 spiro atoms. The van der Waals surface area contributed by atoms with Crippen LogP contribution in [0.5, 0.6) is 0 Å². The second-order valence-electron chi connectivity index (χ2n) is 0. The fraction of sp³-hybridized carbons (Fsp3) is 0. The quantitative estimate of drug-likeness (QED) is 0.493. The molecule has 22 valence electrons. The molecule has 4 heteroatoms. The summed E-state index contributed by atoms with van der Waals surface area (Å²) in [5.41, 5.74) is 0. The Labute approximate surface area is 75.5 Å². The molecule has 0 saturated heterocycles. The second kappa shape index (κ2) is 19.9. The first-order chi connectivity index (χ1) is 0. The predicted molar refractivity (Wildman–Crippen MR) is 7.13 cm³/mol. The minimum atomic E-state index is 0. The van der Waals surface area contributed by atoms with E-state index >= 15 is 0 Å². The van der Waals surface area contributed by atoms with E-state index < -0.39 is 0 Å². The molecule has 0 unspecified atom stereocenters. The van der Waals surface area contributed by atoms with Gasteiger partial charge in [-0.15, -0.1) is 0 Å². The molecule has 0 aromatic rings. The van der Waals surface area contributed by atoms with Crippen LogP contribution in [0.25, 0.3) is 0 Å².